The fourth-order valence-corrected chi connectivity index (χ4v) is 1.41. The highest BCUT2D eigenvalue weighted by atomic mass is 16.6. The molecule has 1 fully saturated rings. The van der Waals surface area contributed by atoms with Crippen LogP contribution in [0.1, 0.15) is 40.5 Å². The monoisotopic (exact) mass is 272 g/mol. The van der Waals surface area contributed by atoms with E-state index in [-0.39, 0.29) is 0 Å². The topological polar surface area (TPSA) is 105 Å². The van der Waals surface area contributed by atoms with Gasteiger partial charge in [-0.2, -0.15) is 0 Å². The Bertz CT molecular complexity index is 395. The Labute approximate surface area is 111 Å². The molecule has 0 saturated heterocycles. The van der Waals surface area contributed by atoms with E-state index >= 15 is 0 Å². The Balaban J connectivity index is 2.46. The minimum absolute atomic E-state index is 0.410. The summed E-state index contributed by atoms with van der Waals surface area (Å²) >= 11 is 0. The van der Waals surface area contributed by atoms with E-state index in [1.54, 1.807) is 20.8 Å². The summed E-state index contributed by atoms with van der Waals surface area (Å²) < 4.78 is 5.01. The first kappa shape index (κ1) is 15.3. The summed E-state index contributed by atoms with van der Waals surface area (Å²) in [6, 6.07) is -0.855. The SMILES string of the molecule is C[C@@H](NC(=O)OC(C)(C)C)C(=O)NC1(C(=O)O)CC1. The summed E-state index contributed by atoms with van der Waals surface area (Å²) in [4.78, 5) is 34.1. The van der Waals surface area contributed by atoms with E-state index in [1.165, 1.54) is 6.92 Å². The van der Waals surface area contributed by atoms with Crippen LogP contribution in [0.2, 0.25) is 0 Å². The third-order valence-electron chi connectivity index (χ3n) is 2.65. The zero-order valence-electron chi connectivity index (χ0n) is 11.6. The number of amides is 2. The van der Waals surface area contributed by atoms with Crippen LogP contribution < -0.4 is 10.6 Å². The first-order valence-electron chi connectivity index (χ1n) is 6.11. The van der Waals surface area contributed by atoms with Gasteiger partial charge in [-0.25, -0.2) is 9.59 Å². The maximum absolute atomic E-state index is 11.8. The van der Waals surface area contributed by atoms with Gasteiger partial charge in [-0.15, -0.1) is 0 Å². The number of nitrogens with one attached hydrogen (secondary N) is 2. The Hall–Kier alpha value is -1.79. The molecular formula is C12H20N2O5. The van der Waals surface area contributed by atoms with Crippen LogP contribution in [0, 0.1) is 0 Å². The number of aliphatic carboxylic acids is 1. The first-order valence-corrected chi connectivity index (χ1v) is 6.11. The predicted molar refractivity (Wildman–Crippen MR) is 66.6 cm³/mol. The van der Waals surface area contributed by atoms with Crippen molar-refractivity contribution in [3.8, 4) is 0 Å². The van der Waals surface area contributed by atoms with Gasteiger partial charge in [0.25, 0.3) is 0 Å². The quantitative estimate of drug-likeness (QED) is 0.696. The highest BCUT2D eigenvalue weighted by Crippen LogP contribution is 2.35. The van der Waals surface area contributed by atoms with Crippen molar-refractivity contribution in [2.45, 2.75) is 57.7 Å². The number of ether oxygens (including phenoxy) is 1. The van der Waals surface area contributed by atoms with Crippen molar-refractivity contribution in [3.63, 3.8) is 0 Å². The van der Waals surface area contributed by atoms with Gasteiger partial charge in [-0.05, 0) is 40.5 Å². The summed E-state index contributed by atoms with van der Waals surface area (Å²) in [6.45, 7) is 6.60. The second-order valence-electron chi connectivity index (χ2n) is 5.74. The molecule has 0 aromatic rings. The van der Waals surface area contributed by atoms with E-state index in [9.17, 15) is 14.4 Å². The molecule has 2 amide bonds. The minimum atomic E-state index is -1.15. The van der Waals surface area contributed by atoms with E-state index in [0.717, 1.165) is 0 Å². The molecule has 3 N–H and O–H groups in total. The molecule has 0 aromatic carbocycles. The van der Waals surface area contributed by atoms with Crippen LogP contribution in [-0.4, -0.2) is 40.3 Å². The average Bonchev–Trinajstić information content (AvgIpc) is 2.95. The number of carbonyl (C=O) groups is 3. The zero-order valence-corrected chi connectivity index (χ0v) is 11.6. The molecule has 0 radical (unpaired) electrons. The van der Waals surface area contributed by atoms with Crippen molar-refractivity contribution >= 4 is 18.0 Å². The van der Waals surface area contributed by atoms with E-state index in [1.807, 2.05) is 0 Å². The molecule has 7 heteroatoms. The Morgan fingerprint density at radius 1 is 1.26 bits per heavy atom. The molecule has 0 bridgehead atoms. The Kier molecular flexibility index (Phi) is 4.07. The van der Waals surface area contributed by atoms with Gasteiger partial charge in [0, 0.05) is 0 Å². The summed E-state index contributed by atoms with van der Waals surface area (Å²) in [7, 11) is 0. The molecular weight excluding hydrogens is 252 g/mol. The fraction of sp³-hybridized carbons (Fsp3) is 0.750. The maximum Gasteiger partial charge on any atom is 0.408 e. The van der Waals surface area contributed by atoms with Crippen molar-refractivity contribution in [3.05, 3.63) is 0 Å². The predicted octanol–water partition coefficient (Wildman–Crippen LogP) is 0.633. The van der Waals surface area contributed by atoms with Crippen LogP contribution in [0.15, 0.2) is 0 Å². The lowest BCUT2D eigenvalue weighted by atomic mass is 10.2. The molecule has 0 aliphatic heterocycles. The minimum Gasteiger partial charge on any atom is -0.480 e. The molecule has 1 aliphatic rings. The van der Waals surface area contributed by atoms with Crippen LogP contribution >= 0.6 is 0 Å². The molecule has 1 aliphatic carbocycles. The van der Waals surface area contributed by atoms with Gasteiger partial charge < -0.3 is 20.5 Å². The van der Waals surface area contributed by atoms with Gasteiger partial charge >= 0.3 is 12.1 Å². The van der Waals surface area contributed by atoms with E-state index in [0.29, 0.717) is 12.8 Å². The standard InChI is InChI=1S/C12H20N2O5/c1-7(13-10(18)19-11(2,3)4)8(15)14-12(5-6-12)9(16)17/h7H,5-6H2,1-4H3,(H,13,18)(H,14,15)(H,16,17)/t7-/m1/s1. The third-order valence-corrected chi connectivity index (χ3v) is 2.65. The molecule has 0 unspecified atom stereocenters. The smallest absolute Gasteiger partial charge is 0.408 e. The maximum atomic E-state index is 11.8. The highest BCUT2D eigenvalue weighted by molar-refractivity contribution is 5.92. The van der Waals surface area contributed by atoms with Gasteiger partial charge in [-0.3, -0.25) is 4.79 Å². The van der Waals surface area contributed by atoms with Crippen LogP contribution in [0.3, 0.4) is 0 Å². The lowest BCUT2D eigenvalue weighted by Gasteiger charge is -2.22. The van der Waals surface area contributed by atoms with Crippen LogP contribution in [0.4, 0.5) is 4.79 Å². The number of carboxylic acid groups (broad SMARTS) is 1. The second kappa shape index (κ2) is 5.07. The Morgan fingerprint density at radius 2 is 1.79 bits per heavy atom. The summed E-state index contributed by atoms with van der Waals surface area (Å²) in [5.74, 6) is -1.59. The Morgan fingerprint density at radius 3 is 2.16 bits per heavy atom. The van der Waals surface area contributed by atoms with Crippen LogP contribution in [0.25, 0.3) is 0 Å². The van der Waals surface area contributed by atoms with Crippen molar-refractivity contribution < 1.29 is 24.2 Å². The lowest BCUT2D eigenvalue weighted by molar-refractivity contribution is -0.143. The molecule has 1 rings (SSSR count). The van der Waals surface area contributed by atoms with Crippen LogP contribution in [-0.2, 0) is 14.3 Å². The van der Waals surface area contributed by atoms with Crippen molar-refractivity contribution in [2.24, 2.45) is 0 Å². The molecule has 7 nitrogen and oxygen atoms in total. The van der Waals surface area contributed by atoms with Gasteiger partial charge in [0.2, 0.25) is 5.91 Å². The normalized spacial score (nSPS) is 18.1. The van der Waals surface area contributed by atoms with Crippen molar-refractivity contribution in [1.82, 2.24) is 10.6 Å². The van der Waals surface area contributed by atoms with Crippen molar-refractivity contribution in [1.29, 1.82) is 0 Å². The number of hydrogen-bond donors (Lipinski definition) is 3. The van der Waals surface area contributed by atoms with E-state index < -0.39 is 35.2 Å². The zero-order chi connectivity index (χ0) is 14.8. The summed E-state index contributed by atoms with van der Waals surface area (Å²) in [5.41, 5.74) is -1.81. The highest BCUT2D eigenvalue weighted by Gasteiger charge is 2.52. The number of alkyl carbamates (subject to hydrolysis) is 1. The molecule has 0 aromatic heterocycles. The fourth-order valence-electron chi connectivity index (χ4n) is 1.41. The molecule has 1 saturated carbocycles. The van der Waals surface area contributed by atoms with Crippen LogP contribution in [0.5, 0.6) is 0 Å². The lowest BCUT2D eigenvalue weighted by Crippen LogP contribution is -2.52. The second-order valence-corrected chi connectivity index (χ2v) is 5.74. The van der Waals surface area contributed by atoms with Gasteiger partial charge in [-0.1, -0.05) is 0 Å². The van der Waals surface area contributed by atoms with E-state index in [2.05, 4.69) is 10.6 Å². The number of carbonyl (C=O) groups excluding carboxylic acids is 2. The molecule has 0 spiro atoms. The number of hydrogen-bond acceptors (Lipinski definition) is 4. The first-order chi connectivity index (χ1) is 8.56. The third kappa shape index (κ3) is 4.42. The molecule has 19 heavy (non-hydrogen) atoms. The largest absolute Gasteiger partial charge is 0.480 e. The van der Waals surface area contributed by atoms with Gasteiger partial charge in [0.05, 0.1) is 0 Å². The van der Waals surface area contributed by atoms with Gasteiger partial charge in [0.15, 0.2) is 0 Å². The summed E-state index contributed by atoms with van der Waals surface area (Å²) in [5, 5.41) is 13.7. The summed E-state index contributed by atoms with van der Waals surface area (Å²) in [6.07, 6.45) is 0.107. The number of carboxylic acids is 1. The van der Waals surface area contributed by atoms with Crippen molar-refractivity contribution in [2.75, 3.05) is 0 Å². The number of rotatable bonds is 4. The van der Waals surface area contributed by atoms with E-state index in [4.69, 9.17) is 9.84 Å². The van der Waals surface area contributed by atoms with Gasteiger partial charge in [0.1, 0.15) is 17.2 Å². The molecule has 0 heterocycles. The molecule has 108 valence electrons. The molecule has 1 atom stereocenters. The average molecular weight is 272 g/mol.